The number of furan rings is 1. The first-order valence-corrected chi connectivity index (χ1v) is 6.72. The average molecular weight is 275 g/mol. The number of hydrogen-bond acceptors (Lipinski definition) is 4. The molecule has 0 spiro atoms. The van der Waals surface area contributed by atoms with Gasteiger partial charge in [0.1, 0.15) is 5.76 Å². The van der Waals surface area contributed by atoms with Crippen LogP contribution in [0.15, 0.2) is 41.0 Å². The molecule has 1 aromatic heterocycles. The van der Waals surface area contributed by atoms with E-state index in [0.29, 0.717) is 26.4 Å². The van der Waals surface area contributed by atoms with Gasteiger partial charge in [-0.3, -0.25) is 0 Å². The Hall–Kier alpha value is -1.78. The van der Waals surface area contributed by atoms with Gasteiger partial charge in [0.05, 0.1) is 32.6 Å². The zero-order valence-electron chi connectivity index (χ0n) is 12.0. The van der Waals surface area contributed by atoms with E-state index in [1.54, 1.807) is 13.4 Å². The van der Waals surface area contributed by atoms with Crippen LogP contribution in [0.2, 0.25) is 0 Å². The minimum absolute atomic E-state index is 0.596. The van der Waals surface area contributed by atoms with Crippen molar-refractivity contribution in [3.8, 4) is 0 Å². The fourth-order valence-corrected chi connectivity index (χ4v) is 1.87. The van der Waals surface area contributed by atoms with E-state index in [0.717, 1.165) is 22.6 Å². The summed E-state index contributed by atoms with van der Waals surface area (Å²) in [6.45, 7) is 4.56. The molecule has 4 nitrogen and oxygen atoms in total. The Bertz CT molecular complexity index is 522. The predicted octanol–water partition coefficient (Wildman–Crippen LogP) is 3.36. The van der Waals surface area contributed by atoms with E-state index >= 15 is 0 Å². The van der Waals surface area contributed by atoms with Gasteiger partial charge in [0.25, 0.3) is 0 Å². The second-order valence-corrected chi connectivity index (χ2v) is 4.63. The van der Waals surface area contributed by atoms with Gasteiger partial charge in [0.2, 0.25) is 0 Å². The Morgan fingerprint density at radius 3 is 2.85 bits per heavy atom. The van der Waals surface area contributed by atoms with Crippen LogP contribution in [0.1, 0.15) is 16.9 Å². The second kappa shape index (κ2) is 7.72. The van der Waals surface area contributed by atoms with Crippen molar-refractivity contribution in [2.24, 2.45) is 0 Å². The maximum Gasteiger partial charge on any atom is 0.125 e. The third-order valence-corrected chi connectivity index (χ3v) is 3.05. The third-order valence-electron chi connectivity index (χ3n) is 3.05. The van der Waals surface area contributed by atoms with Crippen LogP contribution in [0.5, 0.6) is 0 Å². The van der Waals surface area contributed by atoms with Gasteiger partial charge >= 0.3 is 0 Å². The van der Waals surface area contributed by atoms with Gasteiger partial charge < -0.3 is 19.2 Å². The van der Waals surface area contributed by atoms with Crippen molar-refractivity contribution < 1.29 is 13.9 Å². The molecule has 0 aliphatic heterocycles. The summed E-state index contributed by atoms with van der Waals surface area (Å²) in [6.07, 6.45) is 1.71. The summed E-state index contributed by atoms with van der Waals surface area (Å²) < 4.78 is 15.9. The lowest BCUT2D eigenvalue weighted by molar-refractivity contribution is 0.0617. The average Bonchev–Trinajstić information content (AvgIpc) is 2.87. The maximum atomic E-state index is 5.51. The summed E-state index contributed by atoms with van der Waals surface area (Å²) in [5, 5.41) is 3.36. The smallest absolute Gasteiger partial charge is 0.125 e. The van der Waals surface area contributed by atoms with Crippen molar-refractivity contribution in [3.63, 3.8) is 0 Å². The number of nitrogens with one attached hydrogen (secondary N) is 1. The van der Waals surface area contributed by atoms with Crippen LogP contribution < -0.4 is 5.32 Å². The molecule has 0 aliphatic rings. The van der Waals surface area contributed by atoms with Gasteiger partial charge in [-0.05, 0) is 36.2 Å². The monoisotopic (exact) mass is 275 g/mol. The van der Waals surface area contributed by atoms with E-state index < -0.39 is 0 Å². The van der Waals surface area contributed by atoms with Crippen molar-refractivity contribution in [2.75, 3.05) is 25.6 Å². The molecular weight excluding hydrogens is 254 g/mol. The largest absolute Gasteiger partial charge is 0.467 e. The van der Waals surface area contributed by atoms with E-state index in [4.69, 9.17) is 13.9 Å². The van der Waals surface area contributed by atoms with Gasteiger partial charge in [-0.2, -0.15) is 0 Å². The Kier molecular flexibility index (Phi) is 5.65. The quantitative estimate of drug-likeness (QED) is 0.750. The van der Waals surface area contributed by atoms with E-state index in [9.17, 15) is 0 Å². The molecule has 1 aromatic carbocycles. The summed E-state index contributed by atoms with van der Waals surface area (Å²) in [6, 6.07) is 10.2. The molecule has 0 amide bonds. The molecular formula is C16H21NO3. The normalized spacial score (nSPS) is 10.7. The molecule has 0 aliphatic carbocycles. The molecule has 0 atom stereocenters. The van der Waals surface area contributed by atoms with Crippen molar-refractivity contribution in [3.05, 3.63) is 53.5 Å². The van der Waals surface area contributed by atoms with Crippen LogP contribution >= 0.6 is 0 Å². The number of benzene rings is 1. The highest BCUT2D eigenvalue weighted by atomic mass is 16.5. The summed E-state index contributed by atoms with van der Waals surface area (Å²) in [5.74, 6) is 0.965. The summed E-state index contributed by atoms with van der Waals surface area (Å²) in [7, 11) is 1.67. The van der Waals surface area contributed by atoms with Gasteiger partial charge in [0, 0.05) is 12.8 Å². The molecule has 0 saturated carbocycles. The van der Waals surface area contributed by atoms with Crippen LogP contribution in [-0.4, -0.2) is 20.3 Å². The summed E-state index contributed by atoms with van der Waals surface area (Å²) in [4.78, 5) is 0. The maximum absolute atomic E-state index is 5.51. The van der Waals surface area contributed by atoms with Crippen molar-refractivity contribution >= 4 is 5.69 Å². The summed E-state index contributed by atoms with van der Waals surface area (Å²) >= 11 is 0. The number of rotatable bonds is 8. The van der Waals surface area contributed by atoms with E-state index in [2.05, 4.69) is 17.4 Å². The molecule has 108 valence electrons. The molecule has 1 N–H and O–H groups in total. The number of methoxy groups -OCH3 is 1. The SMILES string of the molecule is COCCOCc1cccc(NCc2occc2C)c1. The molecule has 0 unspecified atom stereocenters. The Morgan fingerprint density at radius 2 is 2.10 bits per heavy atom. The first-order chi connectivity index (χ1) is 9.79. The zero-order valence-corrected chi connectivity index (χ0v) is 12.0. The molecule has 0 saturated heterocycles. The third kappa shape index (κ3) is 4.40. The van der Waals surface area contributed by atoms with E-state index in [1.165, 1.54) is 0 Å². The molecule has 0 fully saturated rings. The number of aryl methyl sites for hydroxylation is 1. The van der Waals surface area contributed by atoms with E-state index in [1.807, 2.05) is 25.1 Å². The fourth-order valence-electron chi connectivity index (χ4n) is 1.87. The van der Waals surface area contributed by atoms with Crippen molar-refractivity contribution in [1.82, 2.24) is 0 Å². The Labute approximate surface area is 119 Å². The van der Waals surface area contributed by atoms with Crippen LogP contribution in [-0.2, 0) is 22.6 Å². The lowest BCUT2D eigenvalue weighted by atomic mass is 10.2. The number of anilines is 1. The first-order valence-electron chi connectivity index (χ1n) is 6.72. The topological polar surface area (TPSA) is 43.6 Å². The Morgan fingerprint density at radius 1 is 1.20 bits per heavy atom. The lowest BCUT2D eigenvalue weighted by Gasteiger charge is -2.08. The van der Waals surface area contributed by atoms with E-state index in [-0.39, 0.29) is 0 Å². The molecule has 4 heteroatoms. The van der Waals surface area contributed by atoms with Crippen LogP contribution in [0.3, 0.4) is 0 Å². The molecule has 2 rings (SSSR count). The molecule has 2 aromatic rings. The van der Waals surface area contributed by atoms with Crippen molar-refractivity contribution in [1.29, 1.82) is 0 Å². The zero-order chi connectivity index (χ0) is 14.2. The van der Waals surface area contributed by atoms with Gasteiger partial charge in [-0.15, -0.1) is 0 Å². The van der Waals surface area contributed by atoms with Gasteiger partial charge in [0.15, 0.2) is 0 Å². The lowest BCUT2D eigenvalue weighted by Crippen LogP contribution is -2.03. The standard InChI is InChI=1S/C16H21NO3/c1-13-6-7-20-16(13)11-17-15-5-3-4-14(10-15)12-19-9-8-18-2/h3-7,10,17H,8-9,11-12H2,1-2H3. The second-order valence-electron chi connectivity index (χ2n) is 4.63. The van der Waals surface area contributed by atoms with Crippen molar-refractivity contribution in [2.45, 2.75) is 20.1 Å². The molecule has 0 bridgehead atoms. The van der Waals surface area contributed by atoms with Crippen LogP contribution in [0.4, 0.5) is 5.69 Å². The highest BCUT2D eigenvalue weighted by Crippen LogP contribution is 2.15. The number of ether oxygens (including phenoxy) is 2. The first kappa shape index (κ1) is 14.6. The molecule has 20 heavy (non-hydrogen) atoms. The highest BCUT2D eigenvalue weighted by Gasteiger charge is 2.02. The van der Waals surface area contributed by atoms with Crippen LogP contribution in [0, 0.1) is 6.92 Å². The fraction of sp³-hybridized carbons (Fsp3) is 0.375. The molecule has 0 radical (unpaired) electrons. The van der Waals surface area contributed by atoms with Gasteiger partial charge in [-0.1, -0.05) is 12.1 Å². The summed E-state index contributed by atoms with van der Waals surface area (Å²) in [5.41, 5.74) is 3.37. The van der Waals surface area contributed by atoms with Crippen LogP contribution in [0.25, 0.3) is 0 Å². The predicted molar refractivity (Wildman–Crippen MR) is 78.7 cm³/mol. The molecule has 1 heterocycles. The number of hydrogen-bond donors (Lipinski definition) is 1. The minimum atomic E-state index is 0.596. The Balaban J connectivity index is 1.84. The minimum Gasteiger partial charge on any atom is -0.467 e. The van der Waals surface area contributed by atoms with Gasteiger partial charge in [-0.25, -0.2) is 0 Å². The highest BCUT2D eigenvalue weighted by molar-refractivity contribution is 5.46.